The predicted octanol–water partition coefficient (Wildman–Crippen LogP) is 4.86. The molecule has 0 fully saturated rings. The third-order valence-corrected chi connectivity index (χ3v) is 4.20. The molecular formula is C21H21NO2. The minimum absolute atomic E-state index is 0.161. The van der Waals surface area contributed by atoms with E-state index in [4.69, 9.17) is 4.74 Å². The second kappa shape index (κ2) is 6.75. The number of ether oxygens (including phenoxy) is 1. The van der Waals surface area contributed by atoms with Gasteiger partial charge >= 0.3 is 0 Å². The topological polar surface area (TPSA) is 38.3 Å². The first-order valence-corrected chi connectivity index (χ1v) is 8.07. The minimum Gasteiger partial charge on any atom is -0.480 e. The van der Waals surface area contributed by atoms with E-state index in [1.807, 2.05) is 74.5 Å². The largest absolute Gasteiger partial charge is 0.480 e. The Balaban J connectivity index is 1.75. The van der Waals surface area contributed by atoms with Crippen molar-refractivity contribution < 1.29 is 9.53 Å². The Morgan fingerprint density at radius 1 is 0.958 bits per heavy atom. The van der Waals surface area contributed by atoms with E-state index in [0.29, 0.717) is 0 Å². The molecule has 0 heterocycles. The van der Waals surface area contributed by atoms with Crippen molar-refractivity contribution in [1.82, 2.24) is 0 Å². The van der Waals surface area contributed by atoms with E-state index in [2.05, 4.69) is 5.32 Å². The molecule has 0 unspecified atom stereocenters. The fourth-order valence-corrected chi connectivity index (χ4v) is 2.61. The molecule has 1 amide bonds. The molecule has 0 aliphatic carbocycles. The lowest BCUT2D eigenvalue weighted by Gasteiger charge is -2.16. The lowest BCUT2D eigenvalue weighted by Crippen LogP contribution is -2.30. The van der Waals surface area contributed by atoms with E-state index in [1.54, 1.807) is 6.92 Å². The molecule has 0 aromatic heterocycles. The summed E-state index contributed by atoms with van der Waals surface area (Å²) >= 11 is 0. The number of fused-ring (bicyclic) bond motifs is 1. The Labute approximate surface area is 142 Å². The highest BCUT2D eigenvalue weighted by Crippen LogP contribution is 2.26. The van der Waals surface area contributed by atoms with Crippen LogP contribution in [0.4, 0.5) is 5.69 Å². The van der Waals surface area contributed by atoms with Crippen LogP contribution in [0.1, 0.15) is 18.1 Å². The normalized spacial score (nSPS) is 12.0. The summed E-state index contributed by atoms with van der Waals surface area (Å²) in [7, 11) is 0. The fraction of sp³-hybridized carbons (Fsp3) is 0.190. The average molecular weight is 319 g/mol. The first-order valence-electron chi connectivity index (χ1n) is 8.07. The van der Waals surface area contributed by atoms with Crippen molar-refractivity contribution in [3.8, 4) is 5.75 Å². The van der Waals surface area contributed by atoms with Gasteiger partial charge in [-0.15, -0.1) is 0 Å². The van der Waals surface area contributed by atoms with Crippen LogP contribution in [-0.4, -0.2) is 12.0 Å². The van der Waals surface area contributed by atoms with Gasteiger partial charge < -0.3 is 10.1 Å². The predicted molar refractivity (Wildman–Crippen MR) is 98.6 cm³/mol. The Morgan fingerprint density at radius 2 is 1.71 bits per heavy atom. The maximum atomic E-state index is 12.4. The van der Waals surface area contributed by atoms with Crippen LogP contribution in [0.3, 0.4) is 0 Å². The summed E-state index contributed by atoms with van der Waals surface area (Å²) in [5.74, 6) is 0.557. The molecule has 3 heteroatoms. The third-order valence-electron chi connectivity index (χ3n) is 4.20. The van der Waals surface area contributed by atoms with E-state index in [-0.39, 0.29) is 5.91 Å². The number of hydrogen-bond donors (Lipinski definition) is 1. The molecule has 0 bridgehead atoms. The Hall–Kier alpha value is -2.81. The highest BCUT2D eigenvalue weighted by molar-refractivity contribution is 5.95. The van der Waals surface area contributed by atoms with Crippen molar-refractivity contribution in [2.24, 2.45) is 0 Å². The highest BCUT2D eigenvalue weighted by Gasteiger charge is 2.16. The SMILES string of the molecule is Cc1ccc(NC(=O)[C@H](C)Oc2cccc3ccccc23)cc1C. The Bertz CT molecular complexity index is 881. The van der Waals surface area contributed by atoms with E-state index >= 15 is 0 Å². The van der Waals surface area contributed by atoms with Crippen LogP contribution in [0, 0.1) is 13.8 Å². The van der Waals surface area contributed by atoms with Crippen molar-refractivity contribution in [3.05, 3.63) is 71.8 Å². The van der Waals surface area contributed by atoms with Gasteiger partial charge in [-0.1, -0.05) is 42.5 Å². The number of aryl methyl sites for hydroxylation is 2. The molecule has 0 spiro atoms. The first kappa shape index (κ1) is 16.1. The minimum atomic E-state index is -0.586. The molecular weight excluding hydrogens is 298 g/mol. The van der Waals surface area contributed by atoms with Gasteiger partial charge in [0.2, 0.25) is 0 Å². The number of anilines is 1. The number of nitrogens with one attached hydrogen (secondary N) is 1. The lowest BCUT2D eigenvalue weighted by molar-refractivity contribution is -0.122. The first-order chi connectivity index (χ1) is 11.5. The second-order valence-electron chi connectivity index (χ2n) is 6.03. The van der Waals surface area contributed by atoms with Crippen molar-refractivity contribution >= 4 is 22.4 Å². The number of rotatable bonds is 4. The van der Waals surface area contributed by atoms with Gasteiger partial charge in [-0.25, -0.2) is 0 Å². The maximum Gasteiger partial charge on any atom is 0.265 e. The average Bonchev–Trinajstić information content (AvgIpc) is 2.58. The van der Waals surface area contributed by atoms with Crippen molar-refractivity contribution in [1.29, 1.82) is 0 Å². The van der Waals surface area contributed by atoms with Crippen molar-refractivity contribution in [2.75, 3.05) is 5.32 Å². The summed E-state index contributed by atoms with van der Waals surface area (Å²) in [5.41, 5.74) is 3.14. The summed E-state index contributed by atoms with van der Waals surface area (Å²) in [5, 5.41) is 5.01. The van der Waals surface area contributed by atoms with Crippen LogP contribution in [0.25, 0.3) is 10.8 Å². The molecule has 0 saturated heterocycles. The zero-order valence-corrected chi connectivity index (χ0v) is 14.2. The number of hydrogen-bond acceptors (Lipinski definition) is 2. The van der Waals surface area contributed by atoms with Crippen molar-refractivity contribution in [2.45, 2.75) is 26.9 Å². The van der Waals surface area contributed by atoms with Crippen LogP contribution in [-0.2, 0) is 4.79 Å². The quantitative estimate of drug-likeness (QED) is 0.745. The molecule has 3 rings (SSSR count). The Morgan fingerprint density at radius 3 is 2.50 bits per heavy atom. The number of amides is 1. The summed E-state index contributed by atoms with van der Waals surface area (Å²) in [6, 6.07) is 19.7. The van der Waals surface area contributed by atoms with Crippen molar-refractivity contribution in [3.63, 3.8) is 0 Å². The van der Waals surface area contributed by atoms with Crippen LogP contribution >= 0.6 is 0 Å². The lowest BCUT2D eigenvalue weighted by atomic mass is 10.1. The van der Waals surface area contributed by atoms with Gasteiger partial charge in [-0.3, -0.25) is 4.79 Å². The standard InChI is InChI=1S/C21H21NO2/c1-14-11-12-18(13-15(14)2)22-21(23)16(3)24-20-10-6-8-17-7-4-5-9-19(17)20/h4-13,16H,1-3H3,(H,22,23)/t16-/m0/s1. The van der Waals surface area contributed by atoms with Gasteiger partial charge in [0.1, 0.15) is 5.75 Å². The van der Waals surface area contributed by atoms with E-state index < -0.39 is 6.10 Å². The molecule has 3 aromatic carbocycles. The summed E-state index contributed by atoms with van der Waals surface area (Å²) in [4.78, 5) is 12.4. The molecule has 3 nitrogen and oxygen atoms in total. The smallest absolute Gasteiger partial charge is 0.265 e. The second-order valence-corrected chi connectivity index (χ2v) is 6.03. The highest BCUT2D eigenvalue weighted by atomic mass is 16.5. The number of carbonyl (C=O) groups is 1. The van der Waals surface area contributed by atoms with Crippen LogP contribution < -0.4 is 10.1 Å². The summed E-state index contributed by atoms with van der Waals surface area (Å²) in [6.07, 6.45) is -0.586. The molecule has 122 valence electrons. The van der Waals surface area contributed by atoms with Crippen LogP contribution in [0.5, 0.6) is 5.75 Å². The van der Waals surface area contributed by atoms with Gasteiger partial charge in [-0.05, 0) is 55.5 Å². The monoisotopic (exact) mass is 319 g/mol. The summed E-state index contributed by atoms with van der Waals surface area (Å²) < 4.78 is 5.90. The van der Waals surface area contributed by atoms with Crippen LogP contribution in [0.2, 0.25) is 0 Å². The molecule has 1 N–H and O–H groups in total. The molecule has 0 aliphatic rings. The van der Waals surface area contributed by atoms with Crippen LogP contribution in [0.15, 0.2) is 60.7 Å². The fourth-order valence-electron chi connectivity index (χ4n) is 2.61. The zero-order valence-electron chi connectivity index (χ0n) is 14.2. The van der Waals surface area contributed by atoms with Gasteiger partial charge in [0.25, 0.3) is 5.91 Å². The third kappa shape index (κ3) is 3.40. The van der Waals surface area contributed by atoms with Gasteiger partial charge in [-0.2, -0.15) is 0 Å². The van der Waals surface area contributed by atoms with E-state index in [0.717, 1.165) is 27.8 Å². The molecule has 0 saturated carbocycles. The van der Waals surface area contributed by atoms with Gasteiger partial charge in [0.05, 0.1) is 0 Å². The molecule has 3 aromatic rings. The number of carbonyl (C=O) groups excluding carboxylic acids is 1. The number of benzene rings is 3. The van der Waals surface area contributed by atoms with Gasteiger partial charge in [0.15, 0.2) is 6.10 Å². The van der Waals surface area contributed by atoms with E-state index in [1.165, 1.54) is 5.56 Å². The maximum absolute atomic E-state index is 12.4. The molecule has 0 radical (unpaired) electrons. The summed E-state index contributed by atoms with van der Waals surface area (Å²) in [6.45, 7) is 5.84. The molecule has 24 heavy (non-hydrogen) atoms. The van der Waals surface area contributed by atoms with E-state index in [9.17, 15) is 4.79 Å². The zero-order chi connectivity index (χ0) is 17.1. The molecule has 1 atom stereocenters. The Kier molecular flexibility index (Phi) is 4.52. The van der Waals surface area contributed by atoms with Gasteiger partial charge in [0, 0.05) is 11.1 Å². The molecule has 0 aliphatic heterocycles.